The number of methoxy groups -OCH3 is 1. The molecule has 0 spiro atoms. The van der Waals surface area contributed by atoms with Gasteiger partial charge in [0.2, 0.25) is 0 Å². The largest absolute Gasteiger partial charge is 0.378 e. The lowest BCUT2D eigenvalue weighted by atomic mass is 10.4. The molecule has 1 rings (SSSR count). The third-order valence-corrected chi connectivity index (χ3v) is 1.82. The Hall–Kier alpha value is -0.780. The fourth-order valence-electron chi connectivity index (χ4n) is 1.17. The lowest BCUT2D eigenvalue weighted by Gasteiger charge is -2.10. The van der Waals surface area contributed by atoms with Crippen molar-refractivity contribution in [2.75, 3.05) is 21.2 Å². The summed E-state index contributed by atoms with van der Waals surface area (Å²) in [5, 5.41) is 0. The zero-order valence-electron chi connectivity index (χ0n) is 8.70. The van der Waals surface area contributed by atoms with Crippen LogP contribution in [0.4, 0.5) is 0 Å². The highest BCUT2D eigenvalue weighted by atomic mass is 32.1. The summed E-state index contributed by atoms with van der Waals surface area (Å²) in [7, 11) is 5.63. The van der Waals surface area contributed by atoms with Crippen LogP contribution in [0.1, 0.15) is 11.5 Å². The molecular formula is C9H15N3OS. The van der Waals surface area contributed by atoms with Crippen molar-refractivity contribution in [2.45, 2.75) is 13.2 Å². The number of nitrogens with one attached hydrogen (secondary N) is 1. The van der Waals surface area contributed by atoms with Gasteiger partial charge in [0.1, 0.15) is 10.5 Å². The molecule has 0 fully saturated rings. The monoisotopic (exact) mass is 213 g/mol. The molecule has 5 heteroatoms. The summed E-state index contributed by atoms with van der Waals surface area (Å²) < 4.78 is 5.63. The summed E-state index contributed by atoms with van der Waals surface area (Å²) in [5.74, 6) is 0.870. The standard InChI is InChI=1S/C9H15N3OS/c1-12(2)5-8-10-7(6-13-3)4-9(14)11-8/h4H,5-6H2,1-3H3,(H,10,11,14). The predicted molar refractivity (Wildman–Crippen MR) is 57.5 cm³/mol. The molecular weight excluding hydrogens is 198 g/mol. The van der Waals surface area contributed by atoms with E-state index in [1.54, 1.807) is 7.11 Å². The van der Waals surface area contributed by atoms with Gasteiger partial charge in [-0.1, -0.05) is 12.2 Å². The summed E-state index contributed by atoms with van der Waals surface area (Å²) in [6.07, 6.45) is 0. The summed E-state index contributed by atoms with van der Waals surface area (Å²) >= 11 is 5.05. The van der Waals surface area contributed by atoms with Crippen molar-refractivity contribution < 1.29 is 4.74 Å². The van der Waals surface area contributed by atoms with Gasteiger partial charge >= 0.3 is 0 Å². The molecule has 1 aromatic heterocycles. The van der Waals surface area contributed by atoms with Gasteiger partial charge in [0.15, 0.2) is 0 Å². The molecule has 1 aromatic rings. The summed E-state index contributed by atoms with van der Waals surface area (Å²) in [6, 6.07) is 1.82. The number of hydrogen-bond acceptors (Lipinski definition) is 4. The van der Waals surface area contributed by atoms with Crippen molar-refractivity contribution in [3.63, 3.8) is 0 Å². The normalized spacial score (nSPS) is 10.9. The molecule has 0 aliphatic carbocycles. The van der Waals surface area contributed by atoms with Crippen LogP contribution in [-0.4, -0.2) is 36.1 Å². The molecule has 0 unspecified atom stereocenters. The van der Waals surface area contributed by atoms with E-state index in [-0.39, 0.29) is 0 Å². The highest BCUT2D eigenvalue weighted by Crippen LogP contribution is 2.01. The minimum absolute atomic E-state index is 0.534. The zero-order valence-corrected chi connectivity index (χ0v) is 9.52. The second-order valence-electron chi connectivity index (χ2n) is 3.36. The van der Waals surface area contributed by atoms with Crippen molar-refractivity contribution >= 4 is 12.2 Å². The van der Waals surface area contributed by atoms with Gasteiger partial charge in [-0.25, -0.2) is 4.98 Å². The second kappa shape index (κ2) is 5.19. The molecule has 0 atom stereocenters. The smallest absolute Gasteiger partial charge is 0.130 e. The Morgan fingerprint density at radius 1 is 1.57 bits per heavy atom. The Morgan fingerprint density at radius 2 is 2.29 bits per heavy atom. The molecule has 0 saturated carbocycles. The van der Waals surface area contributed by atoms with Gasteiger partial charge < -0.3 is 14.6 Å². The van der Waals surface area contributed by atoms with Gasteiger partial charge in [-0.15, -0.1) is 0 Å². The van der Waals surface area contributed by atoms with Crippen molar-refractivity contribution in [3.05, 3.63) is 22.2 Å². The first-order valence-corrected chi connectivity index (χ1v) is 4.75. The Bertz CT molecular complexity index is 348. The van der Waals surface area contributed by atoms with E-state index in [9.17, 15) is 0 Å². The van der Waals surface area contributed by atoms with Crippen molar-refractivity contribution in [2.24, 2.45) is 0 Å². The van der Waals surface area contributed by atoms with Gasteiger partial charge in [-0.2, -0.15) is 0 Å². The van der Waals surface area contributed by atoms with E-state index in [0.29, 0.717) is 11.2 Å². The van der Waals surface area contributed by atoms with E-state index in [1.807, 2.05) is 25.1 Å². The molecule has 4 nitrogen and oxygen atoms in total. The van der Waals surface area contributed by atoms with Crippen LogP contribution in [-0.2, 0) is 17.9 Å². The number of nitrogens with zero attached hydrogens (tertiary/aromatic N) is 2. The summed E-state index contributed by atoms with van der Waals surface area (Å²) in [6.45, 7) is 1.29. The highest BCUT2D eigenvalue weighted by molar-refractivity contribution is 7.71. The van der Waals surface area contributed by atoms with Crippen LogP contribution in [0.5, 0.6) is 0 Å². The molecule has 0 aromatic carbocycles. The Kier molecular flexibility index (Phi) is 4.19. The van der Waals surface area contributed by atoms with Gasteiger partial charge in [-0.05, 0) is 20.2 Å². The SMILES string of the molecule is COCc1cc(=S)nc(CN(C)C)[nH]1. The Balaban J connectivity index is 2.89. The number of rotatable bonds is 4. The molecule has 0 radical (unpaired) electrons. The molecule has 1 N–H and O–H groups in total. The second-order valence-corrected chi connectivity index (χ2v) is 3.78. The van der Waals surface area contributed by atoms with Gasteiger partial charge in [0.05, 0.1) is 13.2 Å². The molecule has 14 heavy (non-hydrogen) atoms. The molecule has 0 amide bonds. The Labute approximate surface area is 88.9 Å². The third kappa shape index (κ3) is 3.53. The highest BCUT2D eigenvalue weighted by Gasteiger charge is 2.00. The average Bonchev–Trinajstić information content (AvgIpc) is 2.01. The zero-order chi connectivity index (χ0) is 10.6. The van der Waals surface area contributed by atoms with Gasteiger partial charge in [0, 0.05) is 12.8 Å². The molecule has 0 aliphatic heterocycles. The summed E-state index contributed by atoms with van der Waals surface area (Å²) in [5.41, 5.74) is 0.962. The number of hydrogen-bond donors (Lipinski definition) is 1. The van der Waals surface area contributed by atoms with Crippen LogP contribution < -0.4 is 0 Å². The topological polar surface area (TPSA) is 41.1 Å². The molecule has 78 valence electrons. The van der Waals surface area contributed by atoms with E-state index >= 15 is 0 Å². The van der Waals surface area contributed by atoms with Crippen molar-refractivity contribution in [3.8, 4) is 0 Å². The maximum absolute atomic E-state index is 5.05. The molecule has 0 aliphatic rings. The predicted octanol–water partition coefficient (Wildman–Crippen LogP) is 1.35. The third-order valence-electron chi connectivity index (χ3n) is 1.61. The fourth-order valence-corrected chi connectivity index (χ4v) is 1.42. The number of ether oxygens (including phenoxy) is 1. The minimum atomic E-state index is 0.534. The number of aromatic amines is 1. The van der Waals surface area contributed by atoms with E-state index < -0.39 is 0 Å². The van der Waals surface area contributed by atoms with Crippen LogP contribution in [0.3, 0.4) is 0 Å². The quantitative estimate of drug-likeness (QED) is 0.766. The Morgan fingerprint density at radius 3 is 2.86 bits per heavy atom. The molecule has 1 heterocycles. The fraction of sp³-hybridized carbons (Fsp3) is 0.556. The van der Waals surface area contributed by atoms with Gasteiger partial charge in [0.25, 0.3) is 0 Å². The lowest BCUT2D eigenvalue weighted by Crippen LogP contribution is -2.14. The van der Waals surface area contributed by atoms with Crippen LogP contribution in [0, 0.1) is 4.64 Å². The van der Waals surface area contributed by atoms with Crippen LogP contribution in [0.2, 0.25) is 0 Å². The van der Waals surface area contributed by atoms with Crippen molar-refractivity contribution in [1.82, 2.24) is 14.9 Å². The first-order chi connectivity index (χ1) is 6.61. The molecule has 0 bridgehead atoms. The van der Waals surface area contributed by atoms with Crippen molar-refractivity contribution in [1.29, 1.82) is 0 Å². The lowest BCUT2D eigenvalue weighted by molar-refractivity contribution is 0.181. The van der Waals surface area contributed by atoms with Gasteiger partial charge in [-0.3, -0.25) is 0 Å². The van der Waals surface area contributed by atoms with Crippen LogP contribution in [0.15, 0.2) is 6.07 Å². The van der Waals surface area contributed by atoms with Crippen LogP contribution >= 0.6 is 12.2 Å². The summed E-state index contributed by atoms with van der Waals surface area (Å²) in [4.78, 5) is 9.42. The first kappa shape index (κ1) is 11.3. The first-order valence-electron chi connectivity index (χ1n) is 4.34. The number of aromatic nitrogens is 2. The van der Waals surface area contributed by atoms with Crippen LogP contribution in [0.25, 0.3) is 0 Å². The van der Waals surface area contributed by atoms with E-state index in [0.717, 1.165) is 18.1 Å². The molecule has 0 saturated heterocycles. The minimum Gasteiger partial charge on any atom is -0.378 e. The van der Waals surface area contributed by atoms with E-state index in [2.05, 4.69) is 9.97 Å². The van der Waals surface area contributed by atoms with E-state index in [4.69, 9.17) is 17.0 Å². The number of H-pyrrole nitrogens is 1. The maximum atomic E-state index is 5.05. The maximum Gasteiger partial charge on any atom is 0.130 e. The average molecular weight is 213 g/mol. The van der Waals surface area contributed by atoms with E-state index in [1.165, 1.54) is 0 Å².